The predicted molar refractivity (Wildman–Crippen MR) is 123 cm³/mol. The second-order valence-electron chi connectivity index (χ2n) is 7.77. The summed E-state index contributed by atoms with van der Waals surface area (Å²) in [4.78, 5) is 16.2. The van der Waals surface area contributed by atoms with E-state index in [9.17, 15) is 4.79 Å². The van der Waals surface area contributed by atoms with E-state index in [0.717, 1.165) is 27.3 Å². The zero-order valence-corrected chi connectivity index (χ0v) is 19.0. The molecule has 0 spiro atoms. The molecule has 0 aliphatic carbocycles. The highest BCUT2D eigenvalue weighted by Gasteiger charge is 2.33. The molecule has 0 saturated heterocycles. The van der Waals surface area contributed by atoms with Gasteiger partial charge in [-0.15, -0.1) is 11.3 Å². The summed E-state index contributed by atoms with van der Waals surface area (Å²) in [6, 6.07) is 11.7. The van der Waals surface area contributed by atoms with Crippen molar-refractivity contribution >= 4 is 23.2 Å². The first kappa shape index (κ1) is 20.6. The Hall–Kier alpha value is -3.29. The monoisotopic (exact) mass is 449 g/mol. The van der Waals surface area contributed by atoms with Crippen LogP contribution in [0.2, 0.25) is 0 Å². The van der Waals surface area contributed by atoms with E-state index in [1.807, 2.05) is 48.7 Å². The lowest BCUT2D eigenvalue weighted by Crippen LogP contribution is -2.32. The SMILES string of the molecule is COc1ccc(CN2COc3c(cc4c(c3C)O/C(=C\c3cccs3)C4=O)C2)cc1OC. The predicted octanol–water partition coefficient (Wildman–Crippen LogP) is 5.04. The lowest BCUT2D eigenvalue weighted by Gasteiger charge is -2.30. The molecule has 0 N–H and O–H groups in total. The molecule has 3 aromatic rings. The smallest absolute Gasteiger partial charge is 0.232 e. The Labute approximate surface area is 190 Å². The van der Waals surface area contributed by atoms with E-state index in [2.05, 4.69) is 4.90 Å². The zero-order chi connectivity index (χ0) is 22.2. The molecule has 32 heavy (non-hydrogen) atoms. The summed E-state index contributed by atoms with van der Waals surface area (Å²) in [5.74, 6) is 3.08. The molecule has 0 radical (unpaired) electrons. The van der Waals surface area contributed by atoms with Crippen molar-refractivity contribution in [2.45, 2.75) is 20.0 Å². The number of ether oxygens (including phenoxy) is 4. The van der Waals surface area contributed by atoms with Crippen LogP contribution in [-0.2, 0) is 13.1 Å². The number of benzene rings is 2. The zero-order valence-electron chi connectivity index (χ0n) is 18.1. The molecule has 1 aromatic heterocycles. The number of rotatable bonds is 5. The normalized spacial score (nSPS) is 16.3. The van der Waals surface area contributed by atoms with Crippen molar-refractivity contribution in [3.05, 3.63) is 74.7 Å². The van der Waals surface area contributed by atoms with Gasteiger partial charge in [0.25, 0.3) is 0 Å². The quantitative estimate of drug-likeness (QED) is 0.509. The van der Waals surface area contributed by atoms with Gasteiger partial charge in [0, 0.05) is 35.2 Å². The third kappa shape index (κ3) is 3.63. The van der Waals surface area contributed by atoms with Crippen molar-refractivity contribution in [1.29, 1.82) is 0 Å². The molecule has 2 aliphatic heterocycles. The number of carbonyl (C=O) groups is 1. The van der Waals surface area contributed by atoms with E-state index in [-0.39, 0.29) is 5.78 Å². The number of nitrogens with zero attached hydrogens (tertiary/aromatic N) is 1. The fourth-order valence-electron chi connectivity index (χ4n) is 4.14. The number of methoxy groups -OCH3 is 2. The maximum atomic E-state index is 13.0. The number of allylic oxidation sites excluding steroid dienone is 1. The van der Waals surface area contributed by atoms with Crippen molar-refractivity contribution in [3.8, 4) is 23.0 Å². The maximum absolute atomic E-state index is 13.0. The van der Waals surface area contributed by atoms with Crippen LogP contribution in [0.1, 0.15) is 31.9 Å². The molecule has 6 nitrogen and oxygen atoms in total. The van der Waals surface area contributed by atoms with Gasteiger partial charge in [0.05, 0.1) is 19.8 Å². The van der Waals surface area contributed by atoms with Crippen LogP contribution in [0.15, 0.2) is 47.5 Å². The molecule has 0 amide bonds. The molecule has 2 aliphatic rings. The van der Waals surface area contributed by atoms with E-state index < -0.39 is 0 Å². The van der Waals surface area contributed by atoms with Crippen LogP contribution < -0.4 is 18.9 Å². The molecule has 0 unspecified atom stereocenters. The molecule has 0 bridgehead atoms. The molecular weight excluding hydrogens is 426 g/mol. The summed E-state index contributed by atoms with van der Waals surface area (Å²) >= 11 is 1.57. The number of ketones is 1. The number of hydrogen-bond donors (Lipinski definition) is 0. The molecule has 7 heteroatoms. The molecule has 2 aromatic carbocycles. The van der Waals surface area contributed by atoms with Crippen LogP contribution in [-0.4, -0.2) is 31.6 Å². The summed E-state index contributed by atoms with van der Waals surface area (Å²) in [6.45, 7) is 3.76. The second kappa shape index (κ2) is 8.33. The Kier molecular flexibility index (Phi) is 5.36. The molecule has 164 valence electrons. The first-order valence-electron chi connectivity index (χ1n) is 10.3. The number of Topliss-reactive ketones (excluding diaryl/α,β-unsaturated/α-hetero) is 1. The Balaban J connectivity index is 1.39. The van der Waals surface area contributed by atoms with Crippen molar-refractivity contribution in [1.82, 2.24) is 4.90 Å². The molecule has 0 atom stereocenters. The second-order valence-corrected chi connectivity index (χ2v) is 8.75. The summed E-state index contributed by atoms with van der Waals surface area (Å²) in [5, 5.41) is 1.98. The number of carbonyl (C=O) groups excluding carboxylic acids is 1. The molecule has 0 saturated carbocycles. The highest BCUT2D eigenvalue weighted by Crippen LogP contribution is 2.43. The Bertz CT molecular complexity index is 1220. The van der Waals surface area contributed by atoms with Gasteiger partial charge in [-0.1, -0.05) is 12.1 Å². The van der Waals surface area contributed by atoms with Gasteiger partial charge < -0.3 is 18.9 Å². The standard InChI is InChI=1S/C25H23NO5S/c1-15-24-17(10-19-23(27)22(31-25(15)19)11-18-5-4-8-32-18)13-26(14-30-24)12-16-6-7-20(28-2)21(9-16)29-3/h4-11H,12-14H2,1-3H3/b22-11-. The average molecular weight is 450 g/mol. The highest BCUT2D eigenvalue weighted by atomic mass is 32.1. The maximum Gasteiger partial charge on any atom is 0.232 e. The lowest BCUT2D eigenvalue weighted by atomic mass is 10.00. The first-order valence-corrected chi connectivity index (χ1v) is 11.2. The topological polar surface area (TPSA) is 57.2 Å². The van der Waals surface area contributed by atoms with E-state index in [4.69, 9.17) is 18.9 Å². The fraction of sp³-hybridized carbons (Fsp3) is 0.240. The van der Waals surface area contributed by atoms with Crippen LogP contribution in [0.25, 0.3) is 6.08 Å². The number of fused-ring (bicyclic) bond motifs is 2. The van der Waals surface area contributed by atoms with E-state index in [1.54, 1.807) is 31.6 Å². The molecule has 3 heterocycles. The van der Waals surface area contributed by atoms with Crippen LogP contribution in [0.4, 0.5) is 0 Å². The van der Waals surface area contributed by atoms with E-state index >= 15 is 0 Å². The van der Waals surface area contributed by atoms with Gasteiger partial charge in [0.1, 0.15) is 18.2 Å². The molecule has 5 rings (SSSR count). The van der Waals surface area contributed by atoms with Crippen LogP contribution >= 0.6 is 11.3 Å². The van der Waals surface area contributed by atoms with Crippen LogP contribution in [0.5, 0.6) is 23.0 Å². The number of thiophene rings is 1. The molecule has 0 fully saturated rings. The first-order chi connectivity index (χ1) is 15.6. The van der Waals surface area contributed by atoms with Crippen molar-refractivity contribution in [3.63, 3.8) is 0 Å². The van der Waals surface area contributed by atoms with E-state index in [0.29, 0.717) is 48.4 Å². The summed E-state index contributed by atoms with van der Waals surface area (Å²) in [5.41, 5.74) is 3.54. The van der Waals surface area contributed by atoms with Gasteiger partial charge >= 0.3 is 0 Å². The van der Waals surface area contributed by atoms with Crippen molar-refractivity contribution < 1.29 is 23.7 Å². The summed E-state index contributed by atoms with van der Waals surface area (Å²) in [7, 11) is 3.26. The van der Waals surface area contributed by atoms with Gasteiger partial charge in [-0.25, -0.2) is 0 Å². The van der Waals surface area contributed by atoms with Gasteiger partial charge in [-0.3, -0.25) is 9.69 Å². The van der Waals surface area contributed by atoms with Crippen LogP contribution in [0, 0.1) is 6.92 Å². The molecular formula is C25H23NO5S. The lowest BCUT2D eigenvalue weighted by molar-refractivity contribution is 0.0876. The largest absolute Gasteiger partial charge is 0.493 e. The van der Waals surface area contributed by atoms with Gasteiger partial charge in [-0.05, 0) is 42.1 Å². The Morgan fingerprint density at radius 3 is 2.72 bits per heavy atom. The summed E-state index contributed by atoms with van der Waals surface area (Å²) in [6.07, 6.45) is 1.80. The third-order valence-electron chi connectivity index (χ3n) is 5.67. The number of hydrogen-bond acceptors (Lipinski definition) is 7. The minimum Gasteiger partial charge on any atom is -0.493 e. The minimum atomic E-state index is -0.0867. The van der Waals surface area contributed by atoms with Crippen LogP contribution in [0.3, 0.4) is 0 Å². The van der Waals surface area contributed by atoms with Crippen molar-refractivity contribution in [2.75, 3.05) is 21.0 Å². The van der Waals surface area contributed by atoms with Gasteiger partial charge in [0.2, 0.25) is 5.78 Å². The van der Waals surface area contributed by atoms with Gasteiger partial charge in [-0.2, -0.15) is 0 Å². The third-order valence-corrected chi connectivity index (χ3v) is 6.49. The minimum absolute atomic E-state index is 0.0867. The fourth-order valence-corrected chi connectivity index (χ4v) is 4.78. The van der Waals surface area contributed by atoms with Crippen molar-refractivity contribution in [2.24, 2.45) is 0 Å². The Morgan fingerprint density at radius 1 is 1.12 bits per heavy atom. The summed E-state index contributed by atoms with van der Waals surface area (Å²) < 4.78 is 22.8. The van der Waals surface area contributed by atoms with Gasteiger partial charge in [0.15, 0.2) is 17.3 Å². The highest BCUT2D eigenvalue weighted by molar-refractivity contribution is 7.10. The average Bonchev–Trinajstić information content (AvgIpc) is 3.43. The Morgan fingerprint density at radius 2 is 1.97 bits per heavy atom. The van der Waals surface area contributed by atoms with E-state index in [1.165, 1.54) is 0 Å².